The number of carbonyl (C=O) groups is 1. The number of piperidine rings is 1. The van der Waals surface area contributed by atoms with Gasteiger partial charge in [0.05, 0.1) is 6.04 Å². The summed E-state index contributed by atoms with van der Waals surface area (Å²) in [7, 11) is 1.88. The summed E-state index contributed by atoms with van der Waals surface area (Å²) in [5, 5.41) is 3.11. The zero-order valence-electron chi connectivity index (χ0n) is 11.5. The molecule has 0 aromatic heterocycles. The van der Waals surface area contributed by atoms with Crippen LogP contribution in [0.4, 0.5) is 0 Å². The average Bonchev–Trinajstić information content (AvgIpc) is 2.36. The summed E-state index contributed by atoms with van der Waals surface area (Å²) in [5.41, 5.74) is 0. The lowest BCUT2D eigenvalue weighted by Gasteiger charge is -2.33. The van der Waals surface area contributed by atoms with Crippen LogP contribution in [0.25, 0.3) is 0 Å². The molecule has 1 rings (SSSR count). The molecule has 1 aliphatic heterocycles. The molecule has 1 fully saturated rings. The first-order chi connectivity index (χ1) is 8.22. The Bertz CT molecular complexity index is 233. The van der Waals surface area contributed by atoms with Crippen LogP contribution in [0.2, 0.25) is 0 Å². The van der Waals surface area contributed by atoms with Gasteiger partial charge in [0.2, 0.25) is 5.91 Å². The highest BCUT2D eigenvalue weighted by molar-refractivity contribution is 5.82. The third-order valence-electron chi connectivity index (χ3n) is 3.55. The van der Waals surface area contributed by atoms with E-state index in [1.54, 1.807) is 0 Å². The molecule has 0 aromatic rings. The Morgan fingerprint density at radius 3 is 2.76 bits per heavy atom. The van der Waals surface area contributed by atoms with Crippen molar-refractivity contribution in [2.75, 3.05) is 39.8 Å². The third-order valence-corrected chi connectivity index (χ3v) is 3.55. The van der Waals surface area contributed by atoms with E-state index in [1.165, 1.54) is 6.42 Å². The summed E-state index contributed by atoms with van der Waals surface area (Å²) in [5.74, 6) is 0.284. The van der Waals surface area contributed by atoms with Crippen LogP contribution in [0.3, 0.4) is 0 Å². The minimum absolute atomic E-state index is 0.0463. The first-order valence-corrected chi connectivity index (χ1v) is 6.91. The SMILES string of the molecule is CCCN(CC)CCN1CCCC(NC)C1=O. The van der Waals surface area contributed by atoms with Crippen molar-refractivity contribution < 1.29 is 4.79 Å². The smallest absolute Gasteiger partial charge is 0.239 e. The Balaban J connectivity index is 2.37. The largest absolute Gasteiger partial charge is 0.340 e. The summed E-state index contributed by atoms with van der Waals surface area (Å²) in [4.78, 5) is 16.5. The van der Waals surface area contributed by atoms with Gasteiger partial charge in [-0.2, -0.15) is 0 Å². The quantitative estimate of drug-likeness (QED) is 0.720. The maximum Gasteiger partial charge on any atom is 0.239 e. The fourth-order valence-corrected chi connectivity index (χ4v) is 2.44. The lowest BCUT2D eigenvalue weighted by Crippen LogP contribution is -2.51. The van der Waals surface area contributed by atoms with Crippen LogP contribution in [0, 0.1) is 0 Å². The van der Waals surface area contributed by atoms with E-state index < -0.39 is 0 Å². The molecular weight excluding hydrogens is 214 g/mol. The molecule has 100 valence electrons. The highest BCUT2D eigenvalue weighted by Crippen LogP contribution is 2.11. The van der Waals surface area contributed by atoms with Crippen molar-refractivity contribution in [1.29, 1.82) is 0 Å². The average molecular weight is 241 g/mol. The van der Waals surface area contributed by atoms with Crippen molar-refractivity contribution >= 4 is 5.91 Å². The van der Waals surface area contributed by atoms with E-state index in [2.05, 4.69) is 24.1 Å². The topological polar surface area (TPSA) is 35.6 Å². The summed E-state index contributed by atoms with van der Waals surface area (Å²) < 4.78 is 0. The molecular formula is C13H27N3O. The molecule has 0 bridgehead atoms. The fourth-order valence-electron chi connectivity index (χ4n) is 2.44. The lowest BCUT2D eigenvalue weighted by molar-refractivity contribution is -0.136. The number of carbonyl (C=O) groups excluding carboxylic acids is 1. The molecule has 17 heavy (non-hydrogen) atoms. The van der Waals surface area contributed by atoms with Crippen LogP contribution < -0.4 is 5.32 Å². The number of nitrogens with one attached hydrogen (secondary N) is 1. The molecule has 1 amide bonds. The first kappa shape index (κ1) is 14.5. The number of amides is 1. The molecule has 1 saturated heterocycles. The van der Waals surface area contributed by atoms with Gasteiger partial charge in [-0.3, -0.25) is 4.79 Å². The van der Waals surface area contributed by atoms with Crippen molar-refractivity contribution in [3.63, 3.8) is 0 Å². The Hall–Kier alpha value is -0.610. The molecule has 1 aliphatic rings. The van der Waals surface area contributed by atoms with Gasteiger partial charge in [0.25, 0.3) is 0 Å². The number of hydrogen-bond donors (Lipinski definition) is 1. The minimum Gasteiger partial charge on any atom is -0.340 e. The molecule has 1 N–H and O–H groups in total. The van der Waals surface area contributed by atoms with Crippen LogP contribution in [0.15, 0.2) is 0 Å². The van der Waals surface area contributed by atoms with E-state index >= 15 is 0 Å². The Morgan fingerprint density at radius 2 is 2.18 bits per heavy atom. The molecule has 0 aromatic carbocycles. The highest BCUT2D eigenvalue weighted by Gasteiger charge is 2.26. The van der Waals surface area contributed by atoms with E-state index in [4.69, 9.17) is 0 Å². The van der Waals surface area contributed by atoms with E-state index in [9.17, 15) is 4.79 Å². The summed E-state index contributed by atoms with van der Waals surface area (Å²) in [6.07, 6.45) is 3.29. The number of likely N-dealkylation sites (N-methyl/N-ethyl adjacent to an activating group) is 2. The van der Waals surface area contributed by atoms with Crippen LogP contribution in [0.1, 0.15) is 33.1 Å². The summed E-state index contributed by atoms with van der Waals surface area (Å²) in [6.45, 7) is 9.41. The van der Waals surface area contributed by atoms with Crippen molar-refractivity contribution in [2.24, 2.45) is 0 Å². The Labute approximate surface area is 105 Å². The molecule has 0 radical (unpaired) electrons. The normalized spacial score (nSPS) is 21.3. The molecule has 1 heterocycles. The fraction of sp³-hybridized carbons (Fsp3) is 0.923. The predicted octanol–water partition coefficient (Wildman–Crippen LogP) is 0.929. The summed E-state index contributed by atoms with van der Waals surface area (Å²) >= 11 is 0. The maximum atomic E-state index is 12.1. The van der Waals surface area contributed by atoms with Gasteiger partial charge in [0.15, 0.2) is 0 Å². The third kappa shape index (κ3) is 4.28. The monoisotopic (exact) mass is 241 g/mol. The first-order valence-electron chi connectivity index (χ1n) is 6.91. The second-order valence-corrected chi connectivity index (χ2v) is 4.74. The van der Waals surface area contributed by atoms with Crippen LogP contribution in [-0.2, 0) is 4.79 Å². The number of nitrogens with zero attached hydrogens (tertiary/aromatic N) is 2. The van der Waals surface area contributed by atoms with Crippen molar-refractivity contribution in [1.82, 2.24) is 15.1 Å². The molecule has 1 unspecified atom stereocenters. The van der Waals surface area contributed by atoms with Crippen molar-refractivity contribution in [3.05, 3.63) is 0 Å². The predicted molar refractivity (Wildman–Crippen MR) is 71.1 cm³/mol. The Morgan fingerprint density at radius 1 is 1.41 bits per heavy atom. The molecule has 0 spiro atoms. The standard InChI is InChI=1S/C13H27N3O/c1-4-8-15(5-2)10-11-16-9-6-7-12(14-3)13(16)17/h12,14H,4-11H2,1-3H3. The summed E-state index contributed by atoms with van der Waals surface area (Å²) in [6, 6.07) is 0.0463. The minimum atomic E-state index is 0.0463. The van der Waals surface area contributed by atoms with Crippen LogP contribution in [-0.4, -0.2) is 61.5 Å². The zero-order valence-corrected chi connectivity index (χ0v) is 11.5. The lowest BCUT2D eigenvalue weighted by atomic mass is 10.1. The van der Waals surface area contributed by atoms with E-state index in [0.717, 1.165) is 45.6 Å². The van der Waals surface area contributed by atoms with E-state index in [0.29, 0.717) is 0 Å². The van der Waals surface area contributed by atoms with Crippen LogP contribution >= 0.6 is 0 Å². The van der Waals surface area contributed by atoms with Crippen molar-refractivity contribution in [3.8, 4) is 0 Å². The van der Waals surface area contributed by atoms with Gasteiger partial charge in [-0.05, 0) is 39.4 Å². The van der Waals surface area contributed by atoms with Gasteiger partial charge in [-0.15, -0.1) is 0 Å². The van der Waals surface area contributed by atoms with Gasteiger partial charge in [0, 0.05) is 19.6 Å². The van der Waals surface area contributed by atoms with E-state index in [-0.39, 0.29) is 11.9 Å². The van der Waals surface area contributed by atoms with Crippen LogP contribution in [0.5, 0.6) is 0 Å². The molecule has 1 atom stereocenters. The molecule has 0 aliphatic carbocycles. The molecule has 4 heteroatoms. The second-order valence-electron chi connectivity index (χ2n) is 4.74. The second kappa shape index (κ2) is 7.67. The number of rotatable bonds is 7. The van der Waals surface area contributed by atoms with Crippen molar-refractivity contribution in [2.45, 2.75) is 39.2 Å². The maximum absolute atomic E-state index is 12.1. The molecule has 0 saturated carbocycles. The van der Waals surface area contributed by atoms with Gasteiger partial charge in [-0.25, -0.2) is 0 Å². The highest BCUT2D eigenvalue weighted by atomic mass is 16.2. The zero-order chi connectivity index (χ0) is 12.7. The van der Waals surface area contributed by atoms with Gasteiger partial charge < -0.3 is 15.1 Å². The van der Waals surface area contributed by atoms with E-state index in [1.807, 2.05) is 11.9 Å². The number of hydrogen-bond acceptors (Lipinski definition) is 3. The van der Waals surface area contributed by atoms with Gasteiger partial charge in [0.1, 0.15) is 0 Å². The van der Waals surface area contributed by atoms with Gasteiger partial charge in [-0.1, -0.05) is 13.8 Å². The molecule has 4 nitrogen and oxygen atoms in total. The number of likely N-dealkylation sites (tertiary alicyclic amines) is 1. The Kier molecular flexibility index (Phi) is 6.52. The van der Waals surface area contributed by atoms with Gasteiger partial charge >= 0.3 is 0 Å².